The van der Waals surface area contributed by atoms with Gasteiger partial charge in [0.05, 0.1) is 16.9 Å². The lowest BCUT2D eigenvalue weighted by atomic mass is 10.2. The summed E-state index contributed by atoms with van der Waals surface area (Å²) in [5.41, 5.74) is 8.34. The molecule has 0 aromatic carbocycles. The van der Waals surface area contributed by atoms with Gasteiger partial charge in [-0.25, -0.2) is 9.78 Å². The van der Waals surface area contributed by atoms with E-state index in [2.05, 4.69) is 15.4 Å². The fourth-order valence-corrected chi connectivity index (χ4v) is 2.08. The molecule has 2 heterocycles. The minimum atomic E-state index is -1.04. The minimum Gasteiger partial charge on any atom is -0.478 e. The highest BCUT2D eigenvalue weighted by Gasteiger charge is 2.07. The quantitative estimate of drug-likeness (QED) is 0.699. The van der Waals surface area contributed by atoms with Gasteiger partial charge in [0.15, 0.2) is 0 Å². The van der Waals surface area contributed by atoms with Crippen molar-refractivity contribution in [1.29, 1.82) is 0 Å². The molecule has 0 unspecified atom stereocenters. The number of carboxylic acid groups (broad SMARTS) is 1. The Morgan fingerprint density at radius 3 is 2.76 bits per heavy atom. The van der Waals surface area contributed by atoms with Crippen LogP contribution in [0.1, 0.15) is 28.2 Å². The summed E-state index contributed by atoms with van der Waals surface area (Å²) in [7, 11) is 0. The molecule has 0 radical (unpaired) electrons. The highest BCUT2D eigenvalue weighted by Crippen LogP contribution is 2.16. The van der Waals surface area contributed by atoms with Gasteiger partial charge in [-0.05, 0) is 32.4 Å². The zero-order valence-corrected chi connectivity index (χ0v) is 12.1. The number of nitrogens with zero attached hydrogens (tertiary/aromatic N) is 3. The second-order valence-corrected chi connectivity index (χ2v) is 4.90. The van der Waals surface area contributed by atoms with Gasteiger partial charge in [-0.2, -0.15) is 5.10 Å². The number of aryl methyl sites for hydroxylation is 3. The normalized spacial score (nSPS) is 10.6. The van der Waals surface area contributed by atoms with Crippen LogP contribution >= 0.6 is 0 Å². The van der Waals surface area contributed by atoms with E-state index in [1.165, 1.54) is 12.3 Å². The van der Waals surface area contributed by atoms with Crippen LogP contribution in [0.4, 0.5) is 11.5 Å². The number of carbonyl (C=O) groups is 1. The van der Waals surface area contributed by atoms with Gasteiger partial charge in [0.2, 0.25) is 0 Å². The number of anilines is 2. The molecule has 2 aromatic heterocycles. The SMILES string of the molecule is Cc1cc(C)n(CCCNc2ncc(C(=O)O)cc2N)n1. The molecule has 7 heteroatoms. The average Bonchev–Trinajstić information content (AvgIpc) is 2.74. The average molecular weight is 289 g/mol. The van der Waals surface area contributed by atoms with E-state index in [1.807, 2.05) is 24.6 Å². The predicted molar refractivity (Wildman–Crippen MR) is 80.4 cm³/mol. The lowest BCUT2D eigenvalue weighted by molar-refractivity contribution is 0.0696. The maximum Gasteiger partial charge on any atom is 0.337 e. The summed E-state index contributed by atoms with van der Waals surface area (Å²) >= 11 is 0. The van der Waals surface area contributed by atoms with Crippen LogP contribution in [0.3, 0.4) is 0 Å². The number of aromatic carboxylic acids is 1. The molecule has 4 N–H and O–H groups in total. The molecule has 0 fully saturated rings. The molecule has 112 valence electrons. The van der Waals surface area contributed by atoms with E-state index < -0.39 is 5.97 Å². The van der Waals surface area contributed by atoms with Crippen LogP contribution in [-0.4, -0.2) is 32.4 Å². The molecular weight excluding hydrogens is 270 g/mol. The fraction of sp³-hybridized carbons (Fsp3) is 0.357. The zero-order valence-electron chi connectivity index (χ0n) is 12.1. The van der Waals surface area contributed by atoms with E-state index in [0.29, 0.717) is 18.1 Å². The first-order valence-corrected chi connectivity index (χ1v) is 6.71. The Hall–Kier alpha value is -2.57. The number of pyridine rings is 1. The Kier molecular flexibility index (Phi) is 4.42. The summed E-state index contributed by atoms with van der Waals surface area (Å²) in [6, 6.07) is 3.44. The van der Waals surface area contributed by atoms with Crippen molar-refractivity contribution in [3.63, 3.8) is 0 Å². The summed E-state index contributed by atoms with van der Waals surface area (Å²) < 4.78 is 1.96. The molecule has 0 aliphatic heterocycles. The molecular formula is C14H19N5O2. The Morgan fingerprint density at radius 2 is 2.19 bits per heavy atom. The van der Waals surface area contributed by atoms with Crippen LogP contribution in [0.2, 0.25) is 0 Å². The molecule has 0 bridgehead atoms. The molecule has 7 nitrogen and oxygen atoms in total. The molecule has 0 atom stereocenters. The summed E-state index contributed by atoms with van der Waals surface area (Å²) in [6.45, 7) is 5.48. The van der Waals surface area contributed by atoms with Crippen LogP contribution in [0, 0.1) is 13.8 Å². The van der Waals surface area contributed by atoms with Gasteiger partial charge in [-0.15, -0.1) is 0 Å². The molecule has 0 spiro atoms. The van der Waals surface area contributed by atoms with E-state index in [9.17, 15) is 4.79 Å². The number of aromatic nitrogens is 3. The van der Waals surface area contributed by atoms with E-state index in [1.54, 1.807) is 0 Å². The maximum absolute atomic E-state index is 10.8. The smallest absolute Gasteiger partial charge is 0.337 e. The Balaban J connectivity index is 1.86. The molecule has 2 aromatic rings. The van der Waals surface area contributed by atoms with E-state index in [0.717, 1.165) is 24.4 Å². The number of carboxylic acids is 1. The van der Waals surface area contributed by atoms with Gasteiger partial charge in [-0.3, -0.25) is 4.68 Å². The second kappa shape index (κ2) is 6.25. The zero-order chi connectivity index (χ0) is 15.4. The fourth-order valence-electron chi connectivity index (χ4n) is 2.08. The van der Waals surface area contributed by atoms with Crippen molar-refractivity contribution in [3.8, 4) is 0 Å². The van der Waals surface area contributed by atoms with Crippen LogP contribution in [0.25, 0.3) is 0 Å². The van der Waals surface area contributed by atoms with Crippen molar-refractivity contribution in [2.45, 2.75) is 26.8 Å². The van der Waals surface area contributed by atoms with Gasteiger partial charge in [0, 0.05) is 25.0 Å². The third-order valence-electron chi connectivity index (χ3n) is 3.11. The number of hydrogen-bond donors (Lipinski definition) is 3. The van der Waals surface area contributed by atoms with Crippen LogP contribution in [-0.2, 0) is 6.54 Å². The Labute approximate surface area is 122 Å². The van der Waals surface area contributed by atoms with Crippen molar-refractivity contribution in [1.82, 2.24) is 14.8 Å². The minimum absolute atomic E-state index is 0.0840. The molecule has 0 aliphatic rings. The lowest BCUT2D eigenvalue weighted by Crippen LogP contribution is -2.11. The van der Waals surface area contributed by atoms with Crippen molar-refractivity contribution < 1.29 is 9.90 Å². The van der Waals surface area contributed by atoms with Crippen molar-refractivity contribution in [2.24, 2.45) is 0 Å². The topological polar surface area (TPSA) is 106 Å². The van der Waals surface area contributed by atoms with Crippen molar-refractivity contribution in [3.05, 3.63) is 35.3 Å². The Morgan fingerprint density at radius 1 is 1.43 bits per heavy atom. The second-order valence-electron chi connectivity index (χ2n) is 4.90. The number of nitrogens with two attached hydrogens (primary N) is 1. The molecule has 0 amide bonds. The van der Waals surface area contributed by atoms with Crippen LogP contribution in [0.15, 0.2) is 18.3 Å². The first kappa shape index (κ1) is 14.8. The molecule has 2 rings (SSSR count). The number of hydrogen-bond acceptors (Lipinski definition) is 5. The standard InChI is InChI=1S/C14H19N5O2/c1-9-6-10(2)19(18-9)5-3-4-16-13-12(15)7-11(8-17-13)14(20)21/h6-8H,3-5,15H2,1-2H3,(H,16,17)(H,20,21). The van der Waals surface area contributed by atoms with E-state index in [-0.39, 0.29) is 5.56 Å². The molecule has 21 heavy (non-hydrogen) atoms. The largest absolute Gasteiger partial charge is 0.478 e. The summed E-state index contributed by atoms with van der Waals surface area (Å²) in [6.07, 6.45) is 2.16. The third-order valence-corrected chi connectivity index (χ3v) is 3.11. The van der Waals surface area contributed by atoms with Crippen molar-refractivity contribution in [2.75, 3.05) is 17.6 Å². The first-order chi connectivity index (χ1) is 9.97. The van der Waals surface area contributed by atoms with Gasteiger partial charge < -0.3 is 16.2 Å². The summed E-state index contributed by atoms with van der Waals surface area (Å²) in [4.78, 5) is 14.8. The highest BCUT2D eigenvalue weighted by molar-refractivity contribution is 5.89. The monoisotopic (exact) mass is 289 g/mol. The highest BCUT2D eigenvalue weighted by atomic mass is 16.4. The maximum atomic E-state index is 10.8. The number of rotatable bonds is 6. The van der Waals surface area contributed by atoms with E-state index in [4.69, 9.17) is 10.8 Å². The summed E-state index contributed by atoms with van der Waals surface area (Å²) in [5.74, 6) is -0.529. The molecule has 0 saturated heterocycles. The third kappa shape index (κ3) is 3.71. The van der Waals surface area contributed by atoms with Gasteiger partial charge >= 0.3 is 5.97 Å². The summed E-state index contributed by atoms with van der Waals surface area (Å²) in [5, 5.41) is 16.3. The lowest BCUT2D eigenvalue weighted by Gasteiger charge is -2.09. The first-order valence-electron chi connectivity index (χ1n) is 6.71. The Bertz CT molecular complexity index is 651. The van der Waals surface area contributed by atoms with Crippen LogP contribution in [0.5, 0.6) is 0 Å². The molecule has 0 aliphatic carbocycles. The molecule has 0 saturated carbocycles. The van der Waals surface area contributed by atoms with Gasteiger partial charge in [0.1, 0.15) is 5.82 Å². The van der Waals surface area contributed by atoms with Gasteiger partial charge in [-0.1, -0.05) is 0 Å². The van der Waals surface area contributed by atoms with E-state index >= 15 is 0 Å². The van der Waals surface area contributed by atoms with Crippen LogP contribution < -0.4 is 11.1 Å². The predicted octanol–water partition coefficient (Wildman–Crippen LogP) is 1.68. The van der Waals surface area contributed by atoms with Crippen molar-refractivity contribution >= 4 is 17.5 Å². The van der Waals surface area contributed by atoms with Gasteiger partial charge in [0.25, 0.3) is 0 Å². The number of nitrogen functional groups attached to an aromatic ring is 1. The number of nitrogens with one attached hydrogen (secondary N) is 1.